The normalized spacial score (nSPS) is 18.3. The molecule has 3 nitrogen and oxygen atoms in total. The van der Waals surface area contributed by atoms with Crippen molar-refractivity contribution in [3.63, 3.8) is 0 Å². The molecule has 1 aromatic heterocycles. The Balaban J connectivity index is 1.95. The summed E-state index contributed by atoms with van der Waals surface area (Å²) in [4.78, 5) is 0. The van der Waals surface area contributed by atoms with Crippen molar-refractivity contribution in [1.29, 1.82) is 0 Å². The highest BCUT2D eigenvalue weighted by Crippen LogP contribution is 2.22. The van der Waals surface area contributed by atoms with E-state index in [1.54, 1.807) is 0 Å². The number of rotatable bonds is 4. The van der Waals surface area contributed by atoms with Gasteiger partial charge in [-0.15, -0.1) is 0 Å². The lowest BCUT2D eigenvalue weighted by atomic mass is 9.92. The molecule has 3 heteroatoms. The Morgan fingerprint density at radius 2 is 2.00 bits per heavy atom. The summed E-state index contributed by atoms with van der Waals surface area (Å²) in [6.07, 6.45) is 12.3. The summed E-state index contributed by atoms with van der Waals surface area (Å²) in [5.74, 6) is 0. The zero-order valence-corrected chi connectivity index (χ0v) is 13.3. The molecule has 0 saturated carbocycles. The molecule has 0 spiro atoms. The quantitative estimate of drug-likeness (QED) is 0.854. The average Bonchev–Trinajstić information content (AvgIpc) is 2.60. The summed E-state index contributed by atoms with van der Waals surface area (Å²) >= 11 is 0. The van der Waals surface area contributed by atoms with Gasteiger partial charge in [0, 0.05) is 18.8 Å². The topological polar surface area (TPSA) is 43.8 Å². The summed E-state index contributed by atoms with van der Waals surface area (Å²) in [6.45, 7) is 4.25. The molecule has 2 N–H and O–H groups in total. The Bertz CT molecular complexity index is 471. The maximum Gasteiger partial charge on any atom is 0.0628 e. The van der Waals surface area contributed by atoms with Crippen LogP contribution in [0.3, 0.4) is 0 Å². The molecule has 0 amide bonds. The first-order valence-corrected chi connectivity index (χ1v) is 8.03. The smallest absolute Gasteiger partial charge is 0.0628 e. The number of hydrogen-bond donors (Lipinski definition) is 1. The summed E-state index contributed by atoms with van der Waals surface area (Å²) in [5.41, 5.74) is 11.7. The predicted molar refractivity (Wildman–Crippen MR) is 84.8 cm³/mol. The van der Waals surface area contributed by atoms with E-state index in [0.29, 0.717) is 0 Å². The van der Waals surface area contributed by atoms with Crippen LogP contribution in [0.2, 0.25) is 0 Å². The van der Waals surface area contributed by atoms with E-state index in [1.807, 2.05) is 11.7 Å². The fourth-order valence-electron chi connectivity index (χ4n) is 3.22. The van der Waals surface area contributed by atoms with Crippen LogP contribution in [-0.2, 0) is 13.5 Å². The van der Waals surface area contributed by atoms with Crippen LogP contribution >= 0.6 is 0 Å². The number of aromatic nitrogens is 2. The minimum Gasteiger partial charge on any atom is -0.324 e. The molecule has 1 aromatic rings. The van der Waals surface area contributed by atoms with Gasteiger partial charge < -0.3 is 5.73 Å². The van der Waals surface area contributed by atoms with Crippen LogP contribution < -0.4 is 5.73 Å². The molecule has 0 aromatic carbocycles. The molecule has 0 radical (unpaired) electrons. The predicted octanol–water partition coefficient (Wildman–Crippen LogP) is 3.58. The number of hydrogen-bond acceptors (Lipinski definition) is 2. The Hall–Kier alpha value is -1.09. The van der Waals surface area contributed by atoms with Gasteiger partial charge in [0.15, 0.2) is 0 Å². The lowest BCUT2D eigenvalue weighted by Gasteiger charge is -2.18. The minimum atomic E-state index is 0.229. The zero-order chi connectivity index (χ0) is 14.5. The van der Waals surface area contributed by atoms with E-state index in [9.17, 15) is 0 Å². The van der Waals surface area contributed by atoms with Gasteiger partial charge in [-0.1, -0.05) is 24.5 Å². The van der Waals surface area contributed by atoms with E-state index in [2.05, 4.69) is 25.0 Å². The molecule has 1 unspecified atom stereocenters. The van der Waals surface area contributed by atoms with Crippen molar-refractivity contribution < 1.29 is 0 Å². The van der Waals surface area contributed by atoms with Crippen LogP contribution in [0.25, 0.3) is 0 Å². The Morgan fingerprint density at radius 3 is 2.70 bits per heavy atom. The second-order valence-electron chi connectivity index (χ2n) is 6.15. The maximum absolute atomic E-state index is 6.43. The number of nitrogens with zero attached hydrogens (tertiary/aromatic N) is 2. The minimum absolute atomic E-state index is 0.229. The third-order valence-corrected chi connectivity index (χ3v) is 4.67. The van der Waals surface area contributed by atoms with Crippen molar-refractivity contribution in [2.45, 2.75) is 71.3 Å². The van der Waals surface area contributed by atoms with Gasteiger partial charge in [-0.2, -0.15) is 5.10 Å². The first-order valence-electron chi connectivity index (χ1n) is 8.03. The zero-order valence-electron chi connectivity index (χ0n) is 13.3. The highest BCUT2D eigenvalue weighted by atomic mass is 15.3. The summed E-state index contributed by atoms with van der Waals surface area (Å²) in [6, 6.07) is 0.229. The molecule has 20 heavy (non-hydrogen) atoms. The molecule has 112 valence electrons. The van der Waals surface area contributed by atoms with Crippen LogP contribution in [0.15, 0.2) is 11.6 Å². The maximum atomic E-state index is 6.43. The van der Waals surface area contributed by atoms with Crippen LogP contribution in [0.1, 0.15) is 61.9 Å². The van der Waals surface area contributed by atoms with Gasteiger partial charge in [0.05, 0.1) is 5.69 Å². The molecular formula is C17H29N3. The van der Waals surface area contributed by atoms with Crippen LogP contribution in [0, 0.1) is 13.8 Å². The largest absolute Gasteiger partial charge is 0.324 e. The van der Waals surface area contributed by atoms with Crippen LogP contribution in [-0.4, -0.2) is 15.8 Å². The van der Waals surface area contributed by atoms with E-state index in [1.165, 1.54) is 55.4 Å². The summed E-state index contributed by atoms with van der Waals surface area (Å²) in [5, 5.41) is 4.49. The standard InChI is InChI=1S/C17H29N3/c1-13-16(14(2)20(3)19-13)11-12-17(18)15-9-7-5-4-6-8-10-15/h9,17H,4-8,10-12,18H2,1-3H3. The van der Waals surface area contributed by atoms with Crippen molar-refractivity contribution in [2.24, 2.45) is 12.8 Å². The monoisotopic (exact) mass is 275 g/mol. The molecule has 0 saturated heterocycles. The van der Waals surface area contributed by atoms with Gasteiger partial charge in [-0.05, 0) is 57.9 Å². The molecule has 1 aliphatic rings. The van der Waals surface area contributed by atoms with Gasteiger partial charge in [-0.3, -0.25) is 4.68 Å². The molecule has 1 atom stereocenters. The second kappa shape index (κ2) is 7.07. The van der Waals surface area contributed by atoms with E-state index < -0.39 is 0 Å². The van der Waals surface area contributed by atoms with E-state index in [0.717, 1.165) is 18.5 Å². The second-order valence-corrected chi connectivity index (χ2v) is 6.15. The van der Waals surface area contributed by atoms with Crippen LogP contribution in [0.5, 0.6) is 0 Å². The Labute approximate surface area is 123 Å². The van der Waals surface area contributed by atoms with E-state index >= 15 is 0 Å². The molecule has 0 aliphatic heterocycles. The highest BCUT2D eigenvalue weighted by Gasteiger charge is 2.14. The molecule has 1 heterocycles. The number of aryl methyl sites for hydroxylation is 2. The lowest BCUT2D eigenvalue weighted by Crippen LogP contribution is -2.24. The molecular weight excluding hydrogens is 246 g/mol. The summed E-state index contributed by atoms with van der Waals surface area (Å²) in [7, 11) is 2.02. The van der Waals surface area contributed by atoms with Crippen LogP contribution in [0.4, 0.5) is 0 Å². The first-order chi connectivity index (χ1) is 9.59. The van der Waals surface area contributed by atoms with E-state index in [4.69, 9.17) is 5.73 Å². The molecule has 1 aliphatic carbocycles. The number of nitrogens with two attached hydrogens (primary N) is 1. The fraction of sp³-hybridized carbons (Fsp3) is 0.706. The van der Waals surface area contributed by atoms with Gasteiger partial charge in [0.2, 0.25) is 0 Å². The van der Waals surface area contributed by atoms with Crippen molar-refractivity contribution >= 4 is 0 Å². The highest BCUT2D eigenvalue weighted by molar-refractivity contribution is 5.25. The molecule has 2 rings (SSSR count). The Morgan fingerprint density at radius 1 is 1.25 bits per heavy atom. The first kappa shape index (κ1) is 15.3. The lowest BCUT2D eigenvalue weighted by molar-refractivity contribution is 0.580. The molecule has 0 fully saturated rings. The van der Waals surface area contributed by atoms with Gasteiger partial charge in [0.25, 0.3) is 0 Å². The average molecular weight is 275 g/mol. The SMILES string of the molecule is Cc1nn(C)c(C)c1CCC(N)C1=CCCCCCC1. The van der Waals surface area contributed by atoms with Gasteiger partial charge in [0.1, 0.15) is 0 Å². The Kier molecular flexibility index (Phi) is 5.41. The van der Waals surface area contributed by atoms with Crippen molar-refractivity contribution in [3.8, 4) is 0 Å². The third-order valence-electron chi connectivity index (χ3n) is 4.67. The molecule has 0 bridgehead atoms. The van der Waals surface area contributed by atoms with Crippen molar-refractivity contribution in [1.82, 2.24) is 9.78 Å². The number of allylic oxidation sites excluding steroid dienone is 1. The van der Waals surface area contributed by atoms with Gasteiger partial charge in [-0.25, -0.2) is 0 Å². The van der Waals surface area contributed by atoms with Crippen molar-refractivity contribution in [3.05, 3.63) is 28.6 Å². The summed E-state index contributed by atoms with van der Waals surface area (Å²) < 4.78 is 1.98. The fourth-order valence-corrected chi connectivity index (χ4v) is 3.22. The van der Waals surface area contributed by atoms with Crippen molar-refractivity contribution in [2.75, 3.05) is 0 Å². The van der Waals surface area contributed by atoms with Gasteiger partial charge >= 0.3 is 0 Å². The van der Waals surface area contributed by atoms with E-state index in [-0.39, 0.29) is 6.04 Å². The third kappa shape index (κ3) is 3.72.